The summed E-state index contributed by atoms with van der Waals surface area (Å²) in [4.78, 5) is 4.26. The Morgan fingerprint density at radius 3 is 1.22 bits per heavy atom. The van der Waals surface area contributed by atoms with Crippen molar-refractivity contribution >= 4 is 0 Å². The molecule has 0 aliphatic carbocycles. The minimum atomic E-state index is -2.42. The molecule has 2 nitrogen and oxygen atoms in total. The van der Waals surface area contributed by atoms with Crippen LogP contribution in [0.5, 0.6) is 0 Å². The van der Waals surface area contributed by atoms with Crippen molar-refractivity contribution in [2.75, 3.05) is 26.2 Å². The number of hydrogen-bond donors (Lipinski definition) is 0. The Kier molecular flexibility index (Phi) is 4.44. The lowest BCUT2D eigenvalue weighted by molar-refractivity contribution is -0.160. The highest BCUT2D eigenvalue weighted by Gasteiger charge is 2.47. The fourth-order valence-electron chi connectivity index (χ4n) is 1.97. The van der Waals surface area contributed by atoms with Crippen LogP contribution in [-0.2, 0) is 0 Å². The number of nitrogens with zero attached hydrogens (tertiary/aromatic N) is 2. The number of rotatable bonds is 0. The van der Waals surface area contributed by atoms with E-state index in [0.717, 1.165) is 0 Å². The predicted octanol–water partition coefficient (Wildman–Crippen LogP) is 3.23. The van der Waals surface area contributed by atoms with E-state index < -0.39 is 5.92 Å². The molecular weight excluding hydrogens is 234 g/mol. The Morgan fingerprint density at radius 1 is 0.778 bits per heavy atom. The molecule has 0 saturated carbocycles. The molecule has 2 heterocycles. The maximum absolute atomic E-state index is 12.3. The van der Waals surface area contributed by atoms with E-state index in [9.17, 15) is 8.78 Å². The minimum Gasteiger partial charge on any atom is -0.298 e. The summed E-state index contributed by atoms with van der Waals surface area (Å²) >= 11 is 0. The van der Waals surface area contributed by atoms with Gasteiger partial charge in [0.15, 0.2) is 0 Å². The van der Waals surface area contributed by atoms with Gasteiger partial charge in [-0.15, -0.1) is 0 Å². The summed E-state index contributed by atoms with van der Waals surface area (Å²) < 4.78 is 24.6. The van der Waals surface area contributed by atoms with Gasteiger partial charge in [0.25, 0.3) is 5.92 Å². The molecular formula is C14H28F2N2. The molecule has 0 radical (unpaired) electrons. The Labute approximate surface area is 110 Å². The molecule has 0 spiro atoms. The van der Waals surface area contributed by atoms with Crippen molar-refractivity contribution < 1.29 is 8.78 Å². The number of alkyl halides is 2. The van der Waals surface area contributed by atoms with Gasteiger partial charge in [0.2, 0.25) is 0 Å². The quantitative estimate of drug-likeness (QED) is 0.661. The van der Waals surface area contributed by atoms with Gasteiger partial charge >= 0.3 is 0 Å². The number of hydrogen-bond acceptors (Lipinski definition) is 2. The topological polar surface area (TPSA) is 6.48 Å². The third-order valence-electron chi connectivity index (χ3n) is 3.60. The maximum Gasteiger partial charge on any atom is 0.272 e. The molecule has 0 N–H and O–H groups in total. The first kappa shape index (κ1) is 15.8. The zero-order valence-electron chi connectivity index (χ0n) is 12.7. The van der Waals surface area contributed by atoms with Crippen LogP contribution in [0, 0.1) is 0 Å². The van der Waals surface area contributed by atoms with Crippen LogP contribution in [0.1, 0.15) is 48.0 Å². The zero-order chi connectivity index (χ0) is 14.2. The van der Waals surface area contributed by atoms with E-state index in [4.69, 9.17) is 0 Å². The smallest absolute Gasteiger partial charge is 0.272 e. The van der Waals surface area contributed by atoms with Crippen LogP contribution < -0.4 is 0 Å². The van der Waals surface area contributed by atoms with E-state index in [0.29, 0.717) is 5.54 Å². The zero-order valence-corrected chi connectivity index (χ0v) is 12.7. The molecule has 0 atom stereocenters. The standard InChI is InChI=1S/C7H13F2N.C7H15N/c1-6(2,3)10-4-7(8,9)5-10;1-7(2,3)8-5-4-6-8/h4-5H2,1-3H3;4-6H2,1-3H3. The summed E-state index contributed by atoms with van der Waals surface area (Å²) in [6, 6.07) is 0. The molecule has 0 bridgehead atoms. The Balaban J connectivity index is 0.000000184. The van der Waals surface area contributed by atoms with Gasteiger partial charge < -0.3 is 0 Å². The van der Waals surface area contributed by atoms with E-state index in [1.54, 1.807) is 4.90 Å². The van der Waals surface area contributed by atoms with Gasteiger partial charge in [-0.3, -0.25) is 9.80 Å². The molecule has 2 fully saturated rings. The first-order valence-corrected chi connectivity index (χ1v) is 6.80. The van der Waals surface area contributed by atoms with Crippen LogP contribution in [0.15, 0.2) is 0 Å². The fraction of sp³-hybridized carbons (Fsp3) is 1.00. The highest BCUT2D eigenvalue weighted by molar-refractivity contribution is 4.93. The first-order valence-electron chi connectivity index (χ1n) is 6.80. The SMILES string of the molecule is CC(C)(C)N1CC(F)(F)C1.CC(C)(C)N1CCC1. The summed E-state index contributed by atoms with van der Waals surface area (Å²) in [6.07, 6.45) is 1.40. The first-order chi connectivity index (χ1) is 7.92. The van der Waals surface area contributed by atoms with Crippen molar-refractivity contribution in [2.45, 2.75) is 65.0 Å². The van der Waals surface area contributed by atoms with Crippen molar-refractivity contribution in [1.82, 2.24) is 9.80 Å². The van der Waals surface area contributed by atoms with Crippen molar-refractivity contribution in [3.05, 3.63) is 0 Å². The average molecular weight is 262 g/mol. The number of likely N-dealkylation sites (tertiary alicyclic amines) is 2. The van der Waals surface area contributed by atoms with Gasteiger partial charge in [-0.1, -0.05) is 0 Å². The highest BCUT2D eigenvalue weighted by atomic mass is 19.3. The van der Waals surface area contributed by atoms with Gasteiger partial charge in [-0.25, -0.2) is 8.78 Å². The van der Waals surface area contributed by atoms with Gasteiger partial charge in [0.1, 0.15) is 0 Å². The van der Waals surface area contributed by atoms with Crippen molar-refractivity contribution in [1.29, 1.82) is 0 Å². The van der Waals surface area contributed by atoms with E-state index in [1.165, 1.54) is 19.5 Å². The van der Waals surface area contributed by atoms with Crippen LogP contribution in [0.2, 0.25) is 0 Å². The molecule has 108 valence electrons. The van der Waals surface area contributed by atoms with Crippen LogP contribution in [0.25, 0.3) is 0 Å². The lowest BCUT2D eigenvalue weighted by Gasteiger charge is -2.47. The lowest BCUT2D eigenvalue weighted by atomic mass is 9.99. The van der Waals surface area contributed by atoms with Gasteiger partial charge in [0.05, 0.1) is 13.1 Å². The monoisotopic (exact) mass is 262 g/mol. The normalized spacial score (nSPS) is 24.7. The summed E-state index contributed by atoms with van der Waals surface area (Å²) in [7, 11) is 0. The van der Waals surface area contributed by atoms with Crippen LogP contribution in [0.3, 0.4) is 0 Å². The lowest BCUT2D eigenvalue weighted by Crippen LogP contribution is -2.62. The van der Waals surface area contributed by atoms with Crippen LogP contribution in [-0.4, -0.2) is 53.0 Å². The third-order valence-corrected chi connectivity index (χ3v) is 3.60. The van der Waals surface area contributed by atoms with Crippen LogP contribution in [0.4, 0.5) is 8.78 Å². The molecule has 0 aromatic heterocycles. The number of halogens is 2. The second-order valence-corrected chi connectivity index (χ2v) is 7.39. The maximum atomic E-state index is 12.3. The molecule has 0 aromatic carbocycles. The minimum absolute atomic E-state index is 0.0729. The molecule has 2 aliphatic rings. The molecule has 2 saturated heterocycles. The van der Waals surface area contributed by atoms with Crippen LogP contribution >= 0.6 is 0 Å². The summed E-state index contributed by atoms with van der Waals surface area (Å²) in [5, 5.41) is 0. The molecule has 4 heteroatoms. The molecule has 0 aromatic rings. The Bertz CT molecular complexity index is 264. The van der Waals surface area contributed by atoms with E-state index in [1.807, 2.05) is 20.8 Å². The largest absolute Gasteiger partial charge is 0.298 e. The van der Waals surface area contributed by atoms with Gasteiger partial charge in [-0.05, 0) is 61.1 Å². The Morgan fingerprint density at radius 2 is 1.17 bits per heavy atom. The van der Waals surface area contributed by atoms with Gasteiger partial charge in [0, 0.05) is 11.1 Å². The molecule has 0 amide bonds. The summed E-state index contributed by atoms with van der Waals surface area (Å²) in [5.74, 6) is -2.42. The van der Waals surface area contributed by atoms with E-state index in [-0.39, 0.29) is 18.6 Å². The molecule has 0 unspecified atom stereocenters. The summed E-state index contributed by atoms with van der Waals surface area (Å²) in [5.41, 5.74) is 0.333. The highest BCUT2D eigenvalue weighted by Crippen LogP contribution is 2.32. The van der Waals surface area contributed by atoms with Crippen molar-refractivity contribution in [2.24, 2.45) is 0 Å². The third kappa shape index (κ3) is 4.47. The predicted molar refractivity (Wildman–Crippen MR) is 72.2 cm³/mol. The summed E-state index contributed by atoms with van der Waals surface area (Å²) in [6.45, 7) is 15.1. The van der Waals surface area contributed by atoms with E-state index in [2.05, 4.69) is 25.7 Å². The second kappa shape index (κ2) is 5.04. The second-order valence-electron chi connectivity index (χ2n) is 7.39. The molecule has 2 aliphatic heterocycles. The average Bonchev–Trinajstić information content (AvgIpc) is 1.91. The molecule has 18 heavy (non-hydrogen) atoms. The van der Waals surface area contributed by atoms with Gasteiger partial charge in [-0.2, -0.15) is 0 Å². The Hall–Kier alpha value is -0.220. The molecule has 2 rings (SSSR count). The van der Waals surface area contributed by atoms with E-state index >= 15 is 0 Å². The van der Waals surface area contributed by atoms with Crippen molar-refractivity contribution in [3.63, 3.8) is 0 Å². The fourth-order valence-corrected chi connectivity index (χ4v) is 1.97. The van der Waals surface area contributed by atoms with Crippen molar-refractivity contribution in [3.8, 4) is 0 Å².